The molecule has 0 aromatic heterocycles. The van der Waals surface area contributed by atoms with Crippen LogP contribution in [0.5, 0.6) is 0 Å². The van der Waals surface area contributed by atoms with Gasteiger partial charge in [-0.25, -0.2) is 0 Å². The number of carbonyl (C=O) groups is 1. The molecule has 0 aliphatic carbocycles. The summed E-state index contributed by atoms with van der Waals surface area (Å²) >= 11 is 0. The number of anilines is 1. The maximum atomic E-state index is 11.9. The zero-order valence-corrected chi connectivity index (χ0v) is 15.3. The first-order valence-corrected chi connectivity index (χ1v) is 8.79. The van der Waals surface area contributed by atoms with Gasteiger partial charge >= 0.3 is 0 Å². The van der Waals surface area contributed by atoms with E-state index in [9.17, 15) is 9.90 Å². The van der Waals surface area contributed by atoms with Gasteiger partial charge < -0.3 is 15.7 Å². The molecule has 1 amide bonds. The van der Waals surface area contributed by atoms with Crippen LogP contribution in [0.1, 0.15) is 49.9 Å². The first kappa shape index (κ1) is 19.2. The number of hydrogen-bond acceptors (Lipinski definition) is 3. The van der Waals surface area contributed by atoms with Crippen LogP contribution in [0.4, 0.5) is 5.69 Å². The zero-order chi connectivity index (χ0) is 18.2. The molecule has 0 spiro atoms. The second-order valence-electron chi connectivity index (χ2n) is 6.85. The molecule has 4 nitrogen and oxygen atoms in total. The molecule has 0 bridgehead atoms. The van der Waals surface area contributed by atoms with Crippen molar-refractivity contribution < 1.29 is 9.90 Å². The topological polar surface area (TPSA) is 61.4 Å². The average molecular weight is 340 g/mol. The molecule has 0 saturated heterocycles. The van der Waals surface area contributed by atoms with Crippen LogP contribution in [0.25, 0.3) is 0 Å². The van der Waals surface area contributed by atoms with Gasteiger partial charge in [-0.3, -0.25) is 4.79 Å². The summed E-state index contributed by atoms with van der Waals surface area (Å²) in [7, 11) is 0. The van der Waals surface area contributed by atoms with E-state index < -0.39 is 0 Å². The molecule has 0 aliphatic rings. The Morgan fingerprint density at radius 1 is 1.04 bits per heavy atom. The second kappa shape index (κ2) is 9.35. The Labute approximate surface area is 150 Å². The second-order valence-corrected chi connectivity index (χ2v) is 6.85. The van der Waals surface area contributed by atoms with Crippen LogP contribution in [0.15, 0.2) is 48.5 Å². The number of hydrogen-bond donors (Lipinski definition) is 3. The Balaban J connectivity index is 1.94. The monoisotopic (exact) mass is 340 g/mol. The van der Waals surface area contributed by atoms with Crippen molar-refractivity contribution in [1.82, 2.24) is 5.32 Å². The summed E-state index contributed by atoms with van der Waals surface area (Å²) in [6.07, 6.45) is 0.528. The van der Waals surface area contributed by atoms with E-state index >= 15 is 0 Å². The molecule has 0 saturated carbocycles. The maximum absolute atomic E-state index is 11.9. The molecule has 1 atom stereocenters. The maximum Gasteiger partial charge on any atom is 0.224 e. The van der Waals surface area contributed by atoms with Gasteiger partial charge in [0.05, 0.1) is 6.61 Å². The summed E-state index contributed by atoms with van der Waals surface area (Å²) in [4.78, 5) is 11.9. The molecule has 4 heteroatoms. The summed E-state index contributed by atoms with van der Waals surface area (Å²) in [5.41, 5.74) is 4.02. The summed E-state index contributed by atoms with van der Waals surface area (Å²) in [5.74, 6) is 0.398. The molecular formula is C21H28N2O2. The van der Waals surface area contributed by atoms with Crippen molar-refractivity contribution in [1.29, 1.82) is 0 Å². The van der Waals surface area contributed by atoms with E-state index in [0.29, 0.717) is 18.9 Å². The third-order valence-corrected chi connectivity index (χ3v) is 4.05. The number of nitrogens with one attached hydrogen (secondary N) is 2. The third kappa shape index (κ3) is 6.33. The smallest absolute Gasteiger partial charge is 0.224 e. The Kier molecular flexibility index (Phi) is 7.16. The van der Waals surface area contributed by atoms with E-state index in [-0.39, 0.29) is 18.6 Å². The molecule has 2 aromatic rings. The summed E-state index contributed by atoms with van der Waals surface area (Å²) in [6, 6.07) is 16.0. The van der Waals surface area contributed by atoms with Crippen molar-refractivity contribution in [3.8, 4) is 0 Å². The van der Waals surface area contributed by atoms with Gasteiger partial charge in [0.25, 0.3) is 0 Å². The molecule has 0 heterocycles. The Morgan fingerprint density at radius 3 is 2.48 bits per heavy atom. The van der Waals surface area contributed by atoms with Gasteiger partial charge in [0.1, 0.15) is 0 Å². The molecule has 2 rings (SSSR count). The van der Waals surface area contributed by atoms with E-state index in [1.807, 2.05) is 56.3 Å². The SMILES string of the molecule is CC(C)CC(=O)Nc1cccc(CNC(C)c2cccc(CO)c2)c1. The van der Waals surface area contributed by atoms with E-state index in [1.165, 1.54) is 0 Å². The molecule has 25 heavy (non-hydrogen) atoms. The highest BCUT2D eigenvalue weighted by molar-refractivity contribution is 5.90. The third-order valence-electron chi connectivity index (χ3n) is 4.05. The van der Waals surface area contributed by atoms with Crippen molar-refractivity contribution in [2.75, 3.05) is 5.32 Å². The predicted molar refractivity (Wildman–Crippen MR) is 102 cm³/mol. The fourth-order valence-electron chi connectivity index (χ4n) is 2.69. The van der Waals surface area contributed by atoms with Gasteiger partial charge in [0.15, 0.2) is 0 Å². The van der Waals surface area contributed by atoms with Gasteiger partial charge in [-0.2, -0.15) is 0 Å². The van der Waals surface area contributed by atoms with Gasteiger partial charge in [-0.1, -0.05) is 50.2 Å². The molecule has 3 N–H and O–H groups in total. The lowest BCUT2D eigenvalue weighted by atomic mass is 10.0. The van der Waals surface area contributed by atoms with Crippen LogP contribution < -0.4 is 10.6 Å². The highest BCUT2D eigenvalue weighted by Crippen LogP contribution is 2.17. The van der Waals surface area contributed by atoms with Crippen LogP contribution in [-0.2, 0) is 17.9 Å². The van der Waals surface area contributed by atoms with Crippen molar-refractivity contribution in [2.24, 2.45) is 5.92 Å². The molecule has 134 valence electrons. The van der Waals surface area contributed by atoms with E-state index in [1.54, 1.807) is 0 Å². The standard InChI is InChI=1S/C21H28N2O2/c1-15(2)10-21(25)23-20-9-5-6-17(12-20)13-22-16(3)19-8-4-7-18(11-19)14-24/h4-9,11-12,15-16,22,24H,10,13-14H2,1-3H3,(H,23,25). The summed E-state index contributed by atoms with van der Waals surface area (Å²) in [5, 5.41) is 15.7. The molecule has 0 fully saturated rings. The van der Waals surface area contributed by atoms with Crippen LogP contribution in [-0.4, -0.2) is 11.0 Å². The average Bonchev–Trinajstić information content (AvgIpc) is 2.59. The van der Waals surface area contributed by atoms with Crippen LogP contribution in [0.2, 0.25) is 0 Å². The number of aliphatic hydroxyl groups is 1. The van der Waals surface area contributed by atoms with E-state index in [2.05, 4.69) is 23.6 Å². The molecular weight excluding hydrogens is 312 g/mol. The fraction of sp³-hybridized carbons (Fsp3) is 0.381. The highest BCUT2D eigenvalue weighted by Gasteiger charge is 2.08. The van der Waals surface area contributed by atoms with E-state index in [0.717, 1.165) is 22.4 Å². The number of aliphatic hydroxyl groups excluding tert-OH is 1. The molecule has 0 radical (unpaired) electrons. The van der Waals surface area contributed by atoms with Crippen molar-refractivity contribution in [2.45, 2.75) is 46.4 Å². The fourth-order valence-corrected chi connectivity index (χ4v) is 2.69. The van der Waals surface area contributed by atoms with E-state index in [4.69, 9.17) is 0 Å². The lowest BCUT2D eigenvalue weighted by Gasteiger charge is -2.16. The molecule has 1 unspecified atom stereocenters. The van der Waals surface area contributed by atoms with Crippen LogP contribution >= 0.6 is 0 Å². The minimum Gasteiger partial charge on any atom is -0.392 e. The van der Waals surface area contributed by atoms with Crippen molar-refractivity contribution >= 4 is 11.6 Å². The summed E-state index contributed by atoms with van der Waals surface area (Å²) in [6.45, 7) is 6.93. The number of rotatable bonds is 8. The Bertz CT molecular complexity index is 698. The van der Waals surface area contributed by atoms with Crippen LogP contribution in [0.3, 0.4) is 0 Å². The quantitative estimate of drug-likeness (QED) is 0.680. The highest BCUT2D eigenvalue weighted by atomic mass is 16.3. The summed E-state index contributed by atoms with van der Waals surface area (Å²) < 4.78 is 0. The number of amides is 1. The predicted octanol–water partition coefficient (Wildman–Crippen LogP) is 4.01. The first-order chi connectivity index (χ1) is 12.0. The Hall–Kier alpha value is -2.17. The zero-order valence-electron chi connectivity index (χ0n) is 15.3. The lowest BCUT2D eigenvalue weighted by Crippen LogP contribution is -2.18. The minimum absolute atomic E-state index is 0.0503. The van der Waals surface area contributed by atoms with Gasteiger partial charge in [0, 0.05) is 24.7 Å². The lowest BCUT2D eigenvalue weighted by molar-refractivity contribution is -0.116. The Morgan fingerprint density at radius 2 is 1.76 bits per heavy atom. The molecule has 2 aromatic carbocycles. The van der Waals surface area contributed by atoms with Gasteiger partial charge in [0.2, 0.25) is 5.91 Å². The van der Waals surface area contributed by atoms with Crippen molar-refractivity contribution in [3.63, 3.8) is 0 Å². The molecule has 0 aliphatic heterocycles. The normalized spacial score (nSPS) is 12.2. The van der Waals surface area contributed by atoms with Crippen LogP contribution in [0, 0.1) is 5.92 Å². The number of carbonyl (C=O) groups excluding carboxylic acids is 1. The van der Waals surface area contributed by atoms with Gasteiger partial charge in [-0.05, 0) is 41.7 Å². The minimum atomic E-state index is 0.0503. The van der Waals surface area contributed by atoms with Gasteiger partial charge in [-0.15, -0.1) is 0 Å². The first-order valence-electron chi connectivity index (χ1n) is 8.79. The largest absolute Gasteiger partial charge is 0.392 e. The van der Waals surface area contributed by atoms with Crippen molar-refractivity contribution in [3.05, 3.63) is 65.2 Å². The number of benzene rings is 2.